The van der Waals surface area contributed by atoms with Crippen molar-refractivity contribution < 1.29 is 29.3 Å². The molecule has 1 aliphatic rings. The highest BCUT2D eigenvalue weighted by atomic mass is 16.5. The summed E-state index contributed by atoms with van der Waals surface area (Å²) in [5.41, 5.74) is 0.681. The van der Waals surface area contributed by atoms with Gasteiger partial charge in [-0.3, -0.25) is 9.59 Å². The fraction of sp³-hybridized carbons (Fsp3) is 0.357. The molecular weight excluding hydrogens is 278 g/mol. The average Bonchev–Trinajstić information content (AvgIpc) is 2.45. The molecule has 1 aliphatic heterocycles. The third-order valence-corrected chi connectivity index (χ3v) is 3.27. The van der Waals surface area contributed by atoms with Gasteiger partial charge < -0.3 is 20.3 Å². The Morgan fingerprint density at radius 2 is 2.00 bits per heavy atom. The lowest BCUT2D eigenvalue weighted by Gasteiger charge is -2.26. The van der Waals surface area contributed by atoms with Crippen molar-refractivity contribution in [2.45, 2.75) is 24.8 Å². The van der Waals surface area contributed by atoms with Gasteiger partial charge in [0.25, 0.3) is 0 Å². The lowest BCUT2D eigenvalue weighted by atomic mass is 9.92. The lowest BCUT2D eigenvalue weighted by Crippen LogP contribution is -2.45. The number of amides is 1. The minimum Gasteiger partial charge on any atom is -0.493 e. The molecule has 21 heavy (non-hydrogen) atoms. The maximum Gasteiger partial charge on any atom is 0.326 e. The Labute approximate surface area is 120 Å². The number of fused-ring (bicyclic) bond motifs is 1. The molecular formula is C14H15NO6. The molecule has 112 valence electrons. The van der Waals surface area contributed by atoms with Crippen LogP contribution >= 0.6 is 0 Å². The van der Waals surface area contributed by atoms with Crippen LogP contribution in [0.3, 0.4) is 0 Å². The molecule has 0 saturated heterocycles. The summed E-state index contributed by atoms with van der Waals surface area (Å²) < 4.78 is 5.43. The normalized spacial score (nSPS) is 18.0. The van der Waals surface area contributed by atoms with E-state index in [1.54, 1.807) is 24.3 Å². The van der Waals surface area contributed by atoms with E-state index in [9.17, 15) is 14.4 Å². The predicted octanol–water partition coefficient (Wildman–Crippen LogP) is 0.597. The van der Waals surface area contributed by atoms with Gasteiger partial charge in [-0.25, -0.2) is 4.79 Å². The zero-order valence-electron chi connectivity index (χ0n) is 11.1. The number of hydrogen-bond acceptors (Lipinski definition) is 4. The Bertz CT molecular complexity index is 570. The van der Waals surface area contributed by atoms with Crippen LogP contribution in [0.25, 0.3) is 0 Å². The number of ether oxygens (including phenoxy) is 1. The fourth-order valence-corrected chi connectivity index (χ4v) is 2.26. The molecule has 1 unspecified atom stereocenters. The molecule has 2 rings (SSSR count). The summed E-state index contributed by atoms with van der Waals surface area (Å²) in [4.78, 5) is 33.9. The molecule has 7 nitrogen and oxygen atoms in total. The predicted molar refractivity (Wildman–Crippen MR) is 71.1 cm³/mol. The molecule has 3 N–H and O–H groups in total. The van der Waals surface area contributed by atoms with Gasteiger partial charge in [0.1, 0.15) is 11.8 Å². The number of aliphatic carboxylic acids is 2. The topological polar surface area (TPSA) is 113 Å². The molecule has 1 heterocycles. The summed E-state index contributed by atoms with van der Waals surface area (Å²) in [5.74, 6) is -3.10. The molecule has 1 amide bonds. The van der Waals surface area contributed by atoms with Crippen LogP contribution in [-0.4, -0.2) is 40.7 Å². The molecule has 1 aromatic rings. The monoisotopic (exact) mass is 293 g/mol. The van der Waals surface area contributed by atoms with E-state index >= 15 is 0 Å². The number of para-hydroxylation sites is 1. The van der Waals surface area contributed by atoms with Crippen LogP contribution in [0.1, 0.15) is 24.3 Å². The second kappa shape index (κ2) is 6.25. The summed E-state index contributed by atoms with van der Waals surface area (Å²) in [6, 6.07) is 5.58. The van der Waals surface area contributed by atoms with Crippen LogP contribution in [0.5, 0.6) is 5.75 Å². The van der Waals surface area contributed by atoms with Gasteiger partial charge in [0.15, 0.2) is 0 Å². The van der Waals surface area contributed by atoms with Crippen molar-refractivity contribution in [2.75, 3.05) is 6.61 Å². The largest absolute Gasteiger partial charge is 0.493 e. The minimum atomic E-state index is -1.44. The number of carboxylic acid groups (broad SMARTS) is 2. The van der Waals surface area contributed by atoms with Gasteiger partial charge in [-0.15, -0.1) is 0 Å². The highest BCUT2D eigenvalue weighted by Gasteiger charge is 2.31. The highest BCUT2D eigenvalue weighted by Crippen LogP contribution is 2.33. The van der Waals surface area contributed by atoms with Crippen LogP contribution in [0.15, 0.2) is 24.3 Å². The van der Waals surface area contributed by atoms with Crippen LogP contribution in [0, 0.1) is 0 Å². The number of hydrogen-bond donors (Lipinski definition) is 3. The van der Waals surface area contributed by atoms with E-state index in [2.05, 4.69) is 5.32 Å². The summed E-state index contributed by atoms with van der Waals surface area (Å²) in [7, 11) is 0. The van der Waals surface area contributed by atoms with Gasteiger partial charge in [0, 0.05) is 5.56 Å². The summed E-state index contributed by atoms with van der Waals surface area (Å²) in [6.45, 7) is 0.353. The Kier molecular flexibility index (Phi) is 4.42. The summed E-state index contributed by atoms with van der Waals surface area (Å²) in [6.07, 6.45) is -0.242. The minimum absolute atomic E-state index is 0.353. The van der Waals surface area contributed by atoms with Crippen molar-refractivity contribution in [3.63, 3.8) is 0 Å². The van der Waals surface area contributed by atoms with Gasteiger partial charge in [-0.05, 0) is 12.5 Å². The van der Waals surface area contributed by atoms with E-state index in [-0.39, 0.29) is 0 Å². The molecule has 0 fully saturated rings. The highest BCUT2D eigenvalue weighted by molar-refractivity contribution is 5.90. The van der Waals surface area contributed by atoms with E-state index < -0.39 is 36.2 Å². The zero-order valence-corrected chi connectivity index (χ0v) is 11.1. The molecule has 2 atom stereocenters. The number of rotatable bonds is 5. The summed E-state index contributed by atoms with van der Waals surface area (Å²) >= 11 is 0. The van der Waals surface area contributed by atoms with E-state index in [0.717, 1.165) is 0 Å². The van der Waals surface area contributed by atoms with Crippen molar-refractivity contribution in [1.82, 2.24) is 5.32 Å². The van der Waals surface area contributed by atoms with Gasteiger partial charge in [-0.2, -0.15) is 0 Å². The van der Waals surface area contributed by atoms with Crippen molar-refractivity contribution in [3.05, 3.63) is 29.8 Å². The Morgan fingerprint density at radius 1 is 1.29 bits per heavy atom. The molecule has 0 radical (unpaired) electrons. The first-order valence-electron chi connectivity index (χ1n) is 6.45. The number of carbonyl (C=O) groups is 3. The smallest absolute Gasteiger partial charge is 0.326 e. The molecule has 0 saturated carbocycles. The van der Waals surface area contributed by atoms with Gasteiger partial charge >= 0.3 is 11.9 Å². The molecule has 0 aliphatic carbocycles. The van der Waals surface area contributed by atoms with Crippen molar-refractivity contribution in [3.8, 4) is 5.75 Å². The Balaban J connectivity index is 2.13. The van der Waals surface area contributed by atoms with E-state index in [0.29, 0.717) is 24.3 Å². The van der Waals surface area contributed by atoms with E-state index in [1.807, 2.05) is 0 Å². The quantitative estimate of drug-likeness (QED) is 0.732. The Morgan fingerprint density at radius 3 is 2.67 bits per heavy atom. The van der Waals surface area contributed by atoms with Gasteiger partial charge in [-0.1, -0.05) is 18.2 Å². The fourth-order valence-electron chi connectivity index (χ4n) is 2.26. The van der Waals surface area contributed by atoms with Crippen LogP contribution in [-0.2, 0) is 14.4 Å². The first kappa shape index (κ1) is 14.8. The third kappa shape index (κ3) is 3.50. The molecule has 1 aromatic carbocycles. The second-order valence-corrected chi connectivity index (χ2v) is 4.72. The Hall–Kier alpha value is -2.57. The second-order valence-electron chi connectivity index (χ2n) is 4.72. The van der Waals surface area contributed by atoms with Gasteiger partial charge in [0.05, 0.1) is 18.9 Å². The zero-order chi connectivity index (χ0) is 15.4. The molecule has 0 bridgehead atoms. The lowest BCUT2D eigenvalue weighted by molar-refractivity contribution is -0.147. The van der Waals surface area contributed by atoms with Crippen molar-refractivity contribution in [2.24, 2.45) is 0 Å². The SMILES string of the molecule is O=C(O)C[C@H](NC(=O)C1CCOc2ccccc21)C(=O)O. The van der Waals surface area contributed by atoms with E-state index in [1.165, 1.54) is 0 Å². The number of carboxylic acids is 2. The maximum absolute atomic E-state index is 12.2. The standard InChI is InChI=1S/C14H15NO6/c16-12(17)7-10(14(19)20)15-13(18)9-5-6-21-11-4-2-1-3-8(9)11/h1-4,9-10H,5-7H2,(H,15,18)(H,16,17)(H,19,20)/t9?,10-/m0/s1. The average molecular weight is 293 g/mol. The van der Waals surface area contributed by atoms with Crippen molar-refractivity contribution in [1.29, 1.82) is 0 Å². The first-order valence-corrected chi connectivity index (χ1v) is 6.45. The summed E-state index contributed by atoms with van der Waals surface area (Å²) in [5, 5.41) is 19.9. The number of benzene rings is 1. The molecule has 7 heteroatoms. The van der Waals surface area contributed by atoms with Crippen LogP contribution in [0.2, 0.25) is 0 Å². The molecule has 0 aromatic heterocycles. The van der Waals surface area contributed by atoms with E-state index in [4.69, 9.17) is 14.9 Å². The van der Waals surface area contributed by atoms with Gasteiger partial charge in [0.2, 0.25) is 5.91 Å². The van der Waals surface area contributed by atoms with Crippen LogP contribution in [0.4, 0.5) is 0 Å². The molecule has 0 spiro atoms. The third-order valence-electron chi connectivity index (χ3n) is 3.27. The van der Waals surface area contributed by atoms with Crippen molar-refractivity contribution >= 4 is 17.8 Å². The maximum atomic E-state index is 12.2. The first-order chi connectivity index (χ1) is 9.99. The number of nitrogens with one attached hydrogen (secondary N) is 1. The number of carbonyl (C=O) groups excluding carboxylic acids is 1. The van der Waals surface area contributed by atoms with Crippen LogP contribution < -0.4 is 10.1 Å².